The Morgan fingerprint density at radius 3 is 2.54 bits per heavy atom. The van der Waals surface area contributed by atoms with E-state index < -0.39 is 28.9 Å². The number of carboxylic acid groups (broad SMARTS) is 1. The minimum Gasteiger partial charge on any atom is -0.496 e. The van der Waals surface area contributed by atoms with E-state index in [1.165, 1.54) is 18.4 Å². The number of hydrogen-bond acceptors (Lipinski definition) is 7. The van der Waals surface area contributed by atoms with Crippen LogP contribution in [0, 0.1) is 13.5 Å². The molecule has 2 fully saturated rings. The van der Waals surface area contributed by atoms with Crippen LogP contribution in [-0.2, 0) is 26.4 Å². The van der Waals surface area contributed by atoms with Gasteiger partial charge in [0.1, 0.15) is 17.4 Å². The molecule has 5 rings (SSSR count). The summed E-state index contributed by atoms with van der Waals surface area (Å²) < 4.78 is 20.5. The molecule has 206 valence electrons. The number of aromatic nitrogens is 2. The summed E-state index contributed by atoms with van der Waals surface area (Å²) in [6.07, 6.45) is 2.97. The number of thiophene rings is 1. The highest BCUT2D eigenvalue weighted by molar-refractivity contribution is 7.22. The van der Waals surface area contributed by atoms with E-state index in [9.17, 15) is 19.5 Å². The van der Waals surface area contributed by atoms with Crippen molar-refractivity contribution in [2.45, 2.75) is 83.0 Å². The topological polar surface area (TPSA) is 113 Å². The average molecular weight is 554 g/mol. The monoisotopic (exact) mass is 553 g/mol. The molecule has 0 amide bonds. The molecule has 4 heterocycles. The number of hydrogen-bond donors (Lipinski definition) is 1. The van der Waals surface area contributed by atoms with Gasteiger partial charge in [-0.1, -0.05) is 18.2 Å². The largest absolute Gasteiger partial charge is 0.496 e. The van der Waals surface area contributed by atoms with Crippen LogP contribution in [0.15, 0.2) is 33.9 Å². The van der Waals surface area contributed by atoms with Gasteiger partial charge in [-0.3, -0.25) is 9.36 Å². The van der Waals surface area contributed by atoms with E-state index in [2.05, 4.69) is 4.85 Å². The first-order chi connectivity index (χ1) is 18.6. The molecule has 0 radical (unpaired) electrons. The Balaban J connectivity index is 1.70. The normalized spacial score (nSPS) is 21.6. The predicted molar refractivity (Wildman–Crippen MR) is 146 cm³/mol. The number of carbonyl (C=O) groups is 1. The Morgan fingerprint density at radius 1 is 1.26 bits per heavy atom. The molecule has 0 aliphatic carbocycles. The van der Waals surface area contributed by atoms with Crippen molar-refractivity contribution in [1.29, 1.82) is 0 Å². The molecule has 4 atom stereocenters. The molecule has 11 heteroatoms. The molecule has 2 aliphatic heterocycles. The summed E-state index contributed by atoms with van der Waals surface area (Å²) in [7, 11) is 1.56. The first kappa shape index (κ1) is 27.1. The first-order valence-corrected chi connectivity index (χ1v) is 13.7. The summed E-state index contributed by atoms with van der Waals surface area (Å²) in [5.41, 5.74) is -2.16. The molecule has 2 aromatic heterocycles. The highest BCUT2D eigenvalue weighted by atomic mass is 32.1. The fourth-order valence-corrected chi connectivity index (χ4v) is 6.75. The second kappa shape index (κ2) is 10.3. The van der Waals surface area contributed by atoms with E-state index in [4.69, 9.17) is 20.8 Å². The lowest BCUT2D eigenvalue weighted by Crippen LogP contribution is -2.52. The number of ether oxygens (including phenoxy) is 3. The van der Waals surface area contributed by atoms with Gasteiger partial charge in [0, 0.05) is 5.56 Å². The molecule has 1 N–H and O–H groups in total. The van der Waals surface area contributed by atoms with Crippen molar-refractivity contribution in [3.63, 3.8) is 0 Å². The fourth-order valence-electron chi connectivity index (χ4n) is 5.66. The van der Waals surface area contributed by atoms with E-state index in [0.29, 0.717) is 16.1 Å². The third-order valence-corrected chi connectivity index (χ3v) is 9.02. The Labute approximate surface area is 229 Å². The van der Waals surface area contributed by atoms with Crippen LogP contribution in [0.3, 0.4) is 0 Å². The summed E-state index contributed by atoms with van der Waals surface area (Å²) in [4.78, 5) is 43.6. The van der Waals surface area contributed by atoms with Crippen molar-refractivity contribution in [3.05, 3.63) is 67.6 Å². The fraction of sp³-hybridized carbons (Fsp3) is 0.500. The molecule has 0 spiro atoms. The molecule has 39 heavy (non-hydrogen) atoms. The van der Waals surface area contributed by atoms with Gasteiger partial charge in [0.25, 0.3) is 5.56 Å². The van der Waals surface area contributed by atoms with Gasteiger partial charge in [0.2, 0.25) is 5.00 Å². The molecule has 10 nitrogen and oxygen atoms in total. The Bertz CT molecular complexity index is 1580. The van der Waals surface area contributed by atoms with Crippen LogP contribution in [0.5, 0.6) is 5.75 Å². The zero-order valence-corrected chi connectivity index (χ0v) is 23.1. The zero-order valence-electron chi connectivity index (χ0n) is 22.3. The van der Waals surface area contributed by atoms with Gasteiger partial charge in [-0.25, -0.2) is 19.0 Å². The van der Waals surface area contributed by atoms with Crippen LogP contribution in [0.25, 0.3) is 15.1 Å². The first-order valence-electron chi connectivity index (χ1n) is 12.9. The molecule has 3 aromatic rings. The molecule has 1 unspecified atom stereocenters. The van der Waals surface area contributed by atoms with E-state index in [-0.39, 0.29) is 35.2 Å². The van der Waals surface area contributed by atoms with Crippen molar-refractivity contribution in [1.82, 2.24) is 9.13 Å². The van der Waals surface area contributed by atoms with Gasteiger partial charge < -0.3 is 19.3 Å². The lowest BCUT2D eigenvalue weighted by molar-refractivity contribution is -0.146. The van der Waals surface area contributed by atoms with Gasteiger partial charge in [0.15, 0.2) is 0 Å². The van der Waals surface area contributed by atoms with Gasteiger partial charge in [-0.15, -0.1) is 11.3 Å². The summed E-state index contributed by atoms with van der Waals surface area (Å²) in [6.45, 7) is 11.9. The highest BCUT2D eigenvalue weighted by Crippen LogP contribution is 2.39. The van der Waals surface area contributed by atoms with Gasteiger partial charge in [0.05, 0.1) is 48.8 Å². The molecule has 1 aromatic carbocycles. The van der Waals surface area contributed by atoms with Crippen LogP contribution in [0.4, 0.5) is 5.00 Å². The van der Waals surface area contributed by atoms with Crippen molar-refractivity contribution in [2.75, 3.05) is 7.11 Å². The maximum Gasteiger partial charge on any atom is 0.333 e. The average Bonchev–Trinajstić information content (AvgIpc) is 3.43. The summed E-state index contributed by atoms with van der Waals surface area (Å²) >= 11 is 1.05. The lowest BCUT2D eigenvalue weighted by atomic mass is 10.0. The number of para-hydroxylation sites is 1. The van der Waals surface area contributed by atoms with E-state index in [0.717, 1.165) is 47.2 Å². The SMILES string of the molecule is [C-]#[N+]c1sc2c(c1C)c(=O)n(C(C)(C)C(=O)O)c(=O)n2C[C@H](OC1C[C@H]2CC[C@@H](C1)O2)c1ccccc1OC. The molecule has 0 saturated carbocycles. The van der Waals surface area contributed by atoms with Crippen molar-refractivity contribution in [2.24, 2.45) is 0 Å². The van der Waals surface area contributed by atoms with E-state index in [1.54, 1.807) is 14.0 Å². The Morgan fingerprint density at radius 2 is 1.92 bits per heavy atom. The summed E-state index contributed by atoms with van der Waals surface area (Å²) in [5.74, 6) is -0.730. The number of fused-ring (bicyclic) bond motifs is 3. The zero-order chi connectivity index (χ0) is 28.1. The smallest absolute Gasteiger partial charge is 0.333 e. The summed E-state index contributed by atoms with van der Waals surface area (Å²) in [6, 6.07) is 7.40. The number of aliphatic carboxylic acids is 1. The number of aryl methyl sites for hydroxylation is 1. The number of methoxy groups -OCH3 is 1. The quantitative estimate of drug-likeness (QED) is 0.412. The van der Waals surface area contributed by atoms with Gasteiger partial charge in [-0.2, -0.15) is 0 Å². The van der Waals surface area contributed by atoms with Crippen LogP contribution in [-0.4, -0.2) is 45.6 Å². The number of benzene rings is 1. The van der Waals surface area contributed by atoms with Gasteiger partial charge >= 0.3 is 11.7 Å². The second-order valence-electron chi connectivity index (χ2n) is 10.6. The third kappa shape index (κ3) is 4.67. The molecule has 2 bridgehead atoms. The number of nitrogens with zero attached hydrogens (tertiary/aromatic N) is 3. The van der Waals surface area contributed by atoms with Crippen LogP contribution >= 0.6 is 11.3 Å². The molecular formula is C28H31N3O7S. The lowest BCUT2D eigenvalue weighted by Gasteiger charge is -2.33. The predicted octanol–water partition coefficient (Wildman–Crippen LogP) is 4.38. The molecule has 2 saturated heterocycles. The summed E-state index contributed by atoms with van der Waals surface area (Å²) in [5, 5.41) is 10.4. The third-order valence-electron chi connectivity index (χ3n) is 7.81. The van der Waals surface area contributed by atoms with Crippen LogP contribution in [0.2, 0.25) is 0 Å². The highest BCUT2D eigenvalue weighted by Gasteiger charge is 2.38. The molecular weight excluding hydrogens is 522 g/mol. The van der Waals surface area contributed by atoms with Crippen LogP contribution < -0.4 is 16.0 Å². The van der Waals surface area contributed by atoms with Crippen molar-refractivity contribution in [3.8, 4) is 5.75 Å². The van der Waals surface area contributed by atoms with Crippen molar-refractivity contribution >= 4 is 32.5 Å². The minimum atomic E-state index is -1.82. The number of carboxylic acids is 1. The van der Waals surface area contributed by atoms with Crippen LogP contribution in [0.1, 0.15) is 56.8 Å². The number of rotatable bonds is 8. The standard InChI is InChI=1S/C28H31N3O7S/c1-15-22-24(32)31(28(2,3)26(33)34)27(35)30(25(22)39-23(15)29-4)14-21(19-8-6-7-9-20(19)36-5)38-18-12-16-10-11-17(13-18)37-16/h6-9,16-18,21H,10-14H2,1-3,5H3,(H,33,34)/t16-,17+,18?,21-/m0/s1. The maximum absolute atomic E-state index is 14.0. The second-order valence-corrected chi connectivity index (χ2v) is 11.6. The maximum atomic E-state index is 14.0. The van der Waals surface area contributed by atoms with Crippen molar-refractivity contribution < 1.29 is 24.1 Å². The van der Waals surface area contributed by atoms with E-state index >= 15 is 0 Å². The minimum absolute atomic E-state index is 0.00420. The Kier molecular flexibility index (Phi) is 7.13. The molecule has 2 aliphatic rings. The van der Waals surface area contributed by atoms with Gasteiger partial charge in [-0.05, 0) is 58.1 Å². The van der Waals surface area contributed by atoms with E-state index in [1.807, 2.05) is 24.3 Å². The Hall–Kier alpha value is -3.46.